The zero-order valence-electron chi connectivity index (χ0n) is 11.9. The van der Waals surface area contributed by atoms with E-state index in [9.17, 15) is 4.39 Å². The number of nitrogens with two attached hydrogens (primary N) is 1. The van der Waals surface area contributed by atoms with E-state index in [4.69, 9.17) is 5.73 Å². The maximum absolute atomic E-state index is 13.7. The summed E-state index contributed by atoms with van der Waals surface area (Å²) in [4.78, 5) is 2.34. The van der Waals surface area contributed by atoms with Gasteiger partial charge >= 0.3 is 0 Å². The number of aryl methyl sites for hydroxylation is 1. The standard InChI is InChI=1S/C15H25FN2/c1-5-8-18(11(2)3)15(10-17)13-7-6-12(4)14(16)9-13/h6-7,9,11,15H,5,8,10,17H2,1-4H3. The molecular weight excluding hydrogens is 227 g/mol. The van der Waals surface area contributed by atoms with Crippen molar-refractivity contribution in [1.82, 2.24) is 4.90 Å². The molecule has 0 bridgehead atoms. The van der Waals surface area contributed by atoms with Crippen molar-refractivity contribution in [3.05, 3.63) is 35.1 Å². The predicted octanol–water partition coefficient (Wildman–Crippen LogP) is 3.25. The van der Waals surface area contributed by atoms with Gasteiger partial charge in [-0.2, -0.15) is 0 Å². The van der Waals surface area contributed by atoms with Gasteiger partial charge in [-0.15, -0.1) is 0 Å². The van der Waals surface area contributed by atoms with Crippen molar-refractivity contribution in [2.45, 2.75) is 46.2 Å². The number of halogens is 1. The minimum Gasteiger partial charge on any atom is -0.329 e. The first-order valence-electron chi connectivity index (χ1n) is 6.73. The number of rotatable bonds is 6. The molecule has 0 aliphatic rings. The molecule has 2 N–H and O–H groups in total. The molecule has 0 heterocycles. The van der Waals surface area contributed by atoms with Crippen molar-refractivity contribution in [3.63, 3.8) is 0 Å². The Morgan fingerprint density at radius 3 is 2.44 bits per heavy atom. The van der Waals surface area contributed by atoms with E-state index in [1.165, 1.54) is 0 Å². The zero-order valence-corrected chi connectivity index (χ0v) is 11.9. The quantitative estimate of drug-likeness (QED) is 0.842. The fourth-order valence-corrected chi connectivity index (χ4v) is 2.31. The Hall–Kier alpha value is -0.930. The van der Waals surface area contributed by atoms with Gasteiger partial charge < -0.3 is 5.73 Å². The van der Waals surface area contributed by atoms with Crippen LogP contribution in [-0.4, -0.2) is 24.0 Å². The summed E-state index contributed by atoms with van der Waals surface area (Å²) in [6, 6.07) is 5.94. The summed E-state index contributed by atoms with van der Waals surface area (Å²) in [6.45, 7) is 9.74. The molecular formula is C15H25FN2. The van der Waals surface area contributed by atoms with Gasteiger partial charge in [0.1, 0.15) is 5.82 Å². The summed E-state index contributed by atoms with van der Waals surface area (Å²) in [7, 11) is 0. The highest BCUT2D eigenvalue weighted by Gasteiger charge is 2.21. The van der Waals surface area contributed by atoms with E-state index in [2.05, 4.69) is 25.7 Å². The van der Waals surface area contributed by atoms with Crippen LogP contribution in [-0.2, 0) is 0 Å². The zero-order chi connectivity index (χ0) is 13.7. The van der Waals surface area contributed by atoms with E-state index in [1.54, 1.807) is 13.0 Å². The lowest BCUT2D eigenvalue weighted by Crippen LogP contribution is -2.39. The van der Waals surface area contributed by atoms with Crippen LogP contribution in [0.4, 0.5) is 4.39 Å². The van der Waals surface area contributed by atoms with Crippen LogP contribution in [0.2, 0.25) is 0 Å². The van der Waals surface area contributed by atoms with Crippen LogP contribution in [0.3, 0.4) is 0 Å². The summed E-state index contributed by atoms with van der Waals surface area (Å²) >= 11 is 0. The average molecular weight is 252 g/mol. The second-order valence-electron chi connectivity index (χ2n) is 5.09. The number of benzene rings is 1. The maximum atomic E-state index is 13.7. The summed E-state index contributed by atoms with van der Waals surface area (Å²) in [5.41, 5.74) is 7.55. The fraction of sp³-hybridized carbons (Fsp3) is 0.600. The van der Waals surface area contributed by atoms with Crippen LogP contribution in [0.1, 0.15) is 44.4 Å². The number of hydrogen-bond donors (Lipinski definition) is 1. The Bertz CT molecular complexity index is 377. The van der Waals surface area contributed by atoms with Gasteiger partial charge in [-0.25, -0.2) is 4.39 Å². The topological polar surface area (TPSA) is 29.3 Å². The molecule has 0 fully saturated rings. The Balaban J connectivity index is 3.02. The molecule has 2 nitrogen and oxygen atoms in total. The van der Waals surface area contributed by atoms with Gasteiger partial charge in [0, 0.05) is 18.6 Å². The minimum atomic E-state index is -0.147. The molecule has 0 aromatic heterocycles. The largest absolute Gasteiger partial charge is 0.329 e. The third-order valence-corrected chi connectivity index (χ3v) is 3.35. The van der Waals surface area contributed by atoms with Crippen LogP contribution < -0.4 is 5.73 Å². The lowest BCUT2D eigenvalue weighted by molar-refractivity contribution is 0.157. The van der Waals surface area contributed by atoms with Gasteiger partial charge in [-0.1, -0.05) is 19.1 Å². The first-order valence-corrected chi connectivity index (χ1v) is 6.73. The fourth-order valence-electron chi connectivity index (χ4n) is 2.31. The van der Waals surface area contributed by atoms with Crippen molar-refractivity contribution in [3.8, 4) is 0 Å². The second-order valence-corrected chi connectivity index (χ2v) is 5.09. The van der Waals surface area contributed by atoms with Crippen LogP contribution in [0.5, 0.6) is 0 Å². The van der Waals surface area contributed by atoms with Gasteiger partial charge in [0.15, 0.2) is 0 Å². The summed E-state index contributed by atoms with van der Waals surface area (Å²) in [5, 5.41) is 0. The highest BCUT2D eigenvalue weighted by Crippen LogP contribution is 2.24. The van der Waals surface area contributed by atoms with E-state index in [1.807, 2.05) is 12.1 Å². The molecule has 3 heteroatoms. The normalized spacial score (nSPS) is 13.3. The molecule has 0 amide bonds. The van der Waals surface area contributed by atoms with Crippen molar-refractivity contribution in [1.29, 1.82) is 0 Å². The van der Waals surface area contributed by atoms with Gasteiger partial charge in [0.05, 0.1) is 0 Å². The molecule has 1 unspecified atom stereocenters. The molecule has 0 aliphatic heterocycles. The lowest BCUT2D eigenvalue weighted by atomic mass is 10.0. The molecule has 0 aliphatic carbocycles. The molecule has 0 saturated carbocycles. The molecule has 0 saturated heterocycles. The Morgan fingerprint density at radius 1 is 1.33 bits per heavy atom. The van der Waals surface area contributed by atoms with Gasteiger partial charge in [-0.3, -0.25) is 4.90 Å². The highest BCUT2D eigenvalue weighted by atomic mass is 19.1. The van der Waals surface area contributed by atoms with Crippen LogP contribution >= 0.6 is 0 Å². The van der Waals surface area contributed by atoms with Crippen molar-refractivity contribution in [2.75, 3.05) is 13.1 Å². The molecule has 1 atom stereocenters. The third kappa shape index (κ3) is 3.53. The second kappa shape index (κ2) is 6.86. The van der Waals surface area contributed by atoms with Crippen molar-refractivity contribution < 1.29 is 4.39 Å². The number of hydrogen-bond acceptors (Lipinski definition) is 2. The molecule has 18 heavy (non-hydrogen) atoms. The molecule has 1 rings (SSSR count). The number of nitrogens with zero attached hydrogens (tertiary/aromatic N) is 1. The van der Waals surface area contributed by atoms with E-state index in [0.29, 0.717) is 18.2 Å². The monoisotopic (exact) mass is 252 g/mol. The Labute approximate surface area is 110 Å². The molecule has 102 valence electrons. The first-order chi connectivity index (χ1) is 8.51. The third-order valence-electron chi connectivity index (χ3n) is 3.35. The Kier molecular flexibility index (Phi) is 5.76. The van der Waals surface area contributed by atoms with E-state index < -0.39 is 0 Å². The van der Waals surface area contributed by atoms with Crippen molar-refractivity contribution >= 4 is 0 Å². The molecule has 1 aromatic rings. The van der Waals surface area contributed by atoms with E-state index >= 15 is 0 Å². The van der Waals surface area contributed by atoms with E-state index in [-0.39, 0.29) is 11.9 Å². The SMILES string of the molecule is CCCN(C(C)C)C(CN)c1ccc(C)c(F)c1. The smallest absolute Gasteiger partial charge is 0.126 e. The van der Waals surface area contributed by atoms with E-state index in [0.717, 1.165) is 18.5 Å². The van der Waals surface area contributed by atoms with Gasteiger partial charge in [0.25, 0.3) is 0 Å². The first kappa shape index (κ1) is 15.1. The van der Waals surface area contributed by atoms with Crippen molar-refractivity contribution in [2.24, 2.45) is 5.73 Å². The predicted molar refractivity (Wildman–Crippen MR) is 75.1 cm³/mol. The summed E-state index contributed by atoms with van der Waals surface area (Å²) < 4.78 is 13.7. The summed E-state index contributed by atoms with van der Waals surface area (Å²) in [5.74, 6) is -0.147. The van der Waals surface area contributed by atoms with Crippen LogP contribution in [0.25, 0.3) is 0 Å². The van der Waals surface area contributed by atoms with Crippen LogP contribution in [0, 0.1) is 12.7 Å². The minimum absolute atomic E-state index is 0.0973. The molecule has 1 aromatic carbocycles. The lowest BCUT2D eigenvalue weighted by Gasteiger charge is -2.34. The van der Waals surface area contributed by atoms with Gasteiger partial charge in [0.2, 0.25) is 0 Å². The van der Waals surface area contributed by atoms with Crippen LogP contribution in [0.15, 0.2) is 18.2 Å². The molecule has 0 radical (unpaired) electrons. The average Bonchev–Trinajstić information content (AvgIpc) is 2.33. The highest BCUT2D eigenvalue weighted by molar-refractivity contribution is 5.26. The Morgan fingerprint density at radius 2 is 2.00 bits per heavy atom. The van der Waals surface area contributed by atoms with Gasteiger partial charge in [-0.05, 0) is 50.9 Å². The maximum Gasteiger partial charge on any atom is 0.126 e. The molecule has 0 spiro atoms. The summed E-state index contributed by atoms with van der Waals surface area (Å²) in [6.07, 6.45) is 1.07.